The molecule has 0 saturated heterocycles. The topological polar surface area (TPSA) is 71.1 Å². The highest BCUT2D eigenvalue weighted by Gasteiger charge is 2.17. The van der Waals surface area contributed by atoms with E-state index in [0.29, 0.717) is 12.2 Å². The number of rotatable bonds is 6. The first-order chi connectivity index (χ1) is 10.0. The highest BCUT2D eigenvalue weighted by Crippen LogP contribution is 2.16. The number of hydrogen-bond acceptors (Lipinski definition) is 4. The van der Waals surface area contributed by atoms with Crippen LogP contribution in [0.15, 0.2) is 47.5 Å². The Kier molecular flexibility index (Phi) is 4.87. The molecule has 0 bridgehead atoms. The van der Waals surface area contributed by atoms with E-state index in [0.717, 1.165) is 5.56 Å². The van der Waals surface area contributed by atoms with Gasteiger partial charge >= 0.3 is 0 Å². The first-order valence-electron chi connectivity index (χ1n) is 6.40. The molecule has 2 N–H and O–H groups in total. The molecule has 0 spiro atoms. The summed E-state index contributed by atoms with van der Waals surface area (Å²) < 4.78 is 39.7. The summed E-state index contributed by atoms with van der Waals surface area (Å²) >= 11 is 0. The fourth-order valence-electron chi connectivity index (χ4n) is 1.85. The van der Waals surface area contributed by atoms with E-state index in [1.165, 1.54) is 24.4 Å². The van der Waals surface area contributed by atoms with Crippen LogP contribution in [0, 0.1) is 5.82 Å². The molecule has 0 saturated carbocycles. The van der Waals surface area contributed by atoms with Crippen molar-refractivity contribution in [3.63, 3.8) is 0 Å². The van der Waals surface area contributed by atoms with E-state index in [1.54, 1.807) is 25.2 Å². The number of nitrogens with zero attached hydrogens (tertiary/aromatic N) is 1. The molecule has 0 amide bonds. The van der Waals surface area contributed by atoms with Crippen molar-refractivity contribution in [1.82, 2.24) is 9.71 Å². The van der Waals surface area contributed by atoms with Gasteiger partial charge in [0.15, 0.2) is 0 Å². The van der Waals surface area contributed by atoms with Gasteiger partial charge < -0.3 is 5.32 Å². The Morgan fingerprint density at radius 3 is 2.57 bits per heavy atom. The van der Waals surface area contributed by atoms with Gasteiger partial charge in [-0.3, -0.25) is 0 Å². The molecule has 2 aromatic rings. The highest BCUT2D eigenvalue weighted by atomic mass is 32.2. The lowest BCUT2D eigenvalue weighted by Gasteiger charge is -2.10. The van der Waals surface area contributed by atoms with Crippen LogP contribution in [0.2, 0.25) is 0 Å². The summed E-state index contributed by atoms with van der Waals surface area (Å²) in [5.74, 6) is -0.0138. The fraction of sp³-hybridized carbons (Fsp3) is 0.214. The van der Waals surface area contributed by atoms with Crippen molar-refractivity contribution in [3.8, 4) is 0 Å². The monoisotopic (exact) mass is 309 g/mol. The molecule has 1 heterocycles. The number of benzene rings is 1. The third-order valence-corrected chi connectivity index (χ3v) is 4.41. The molecule has 0 fully saturated rings. The average Bonchev–Trinajstić information content (AvgIpc) is 2.49. The first-order valence-corrected chi connectivity index (χ1v) is 7.88. The minimum atomic E-state index is -3.63. The maximum atomic E-state index is 12.8. The van der Waals surface area contributed by atoms with Gasteiger partial charge in [0.05, 0.1) is 0 Å². The second-order valence-corrected chi connectivity index (χ2v) is 6.11. The number of nitrogens with one attached hydrogen (secondary N) is 2. The Bertz CT molecular complexity index is 702. The van der Waals surface area contributed by atoms with Crippen molar-refractivity contribution < 1.29 is 12.8 Å². The number of hydrogen-bond donors (Lipinski definition) is 2. The van der Waals surface area contributed by atoms with Crippen LogP contribution < -0.4 is 10.0 Å². The minimum absolute atomic E-state index is 0.103. The molecule has 7 heteroatoms. The zero-order valence-electron chi connectivity index (χ0n) is 11.5. The number of sulfonamides is 1. The first kappa shape index (κ1) is 15.4. The van der Waals surface area contributed by atoms with Crippen molar-refractivity contribution in [2.24, 2.45) is 0 Å². The van der Waals surface area contributed by atoms with Crippen molar-refractivity contribution in [1.29, 1.82) is 0 Å². The Morgan fingerprint density at radius 1 is 1.19 bits per heavy atom. The van der Waals surface area contributed by atoms with Crippen LogP contribution in [-0.2, 0) is 16.4 Å². The molecule has 0 aliphatic carbocycles. The van der Waals surface area contributed by atoms with Crippen molar-refractivity contribution in [2.45, 2.75) is 11.3 Å². The fourth-order valence-corrected chi connectivity index (χ4v) is 3.05. The molecule has 112 valence electrons. The van der Waals surface area contributed by atoms with Crippen LogP contribution in [0.5, 0.6) is 0 Å². The van der Waals surface area contributed by atoms with E-state index in [9.17, 15) is 12.8 Å². The van der Waals surface area contributed by atoms with Crippen LogP contribution in [0.1, 0.15) is 5.56 Å². The number of pyridine rings is 1. The predicted molar refractivity (Wildman–Crippen MR) is 79.1 cm³/mol. The van der Waals surface area contributed by atoms with Crippen LogP contribution in [0.25, 0.3) is 0 Å². The summed E-state index contributed by atoms with van der Waals surface area (Å²) in [5.41, 5.74) is 0.860. The molecule has 0 radical (unpaired) electrons. The third kappa shape index (κ3) is 3.99. The van der Waals surface area contributed by atoms with Crippen LogP contribution in [0.4, 0.5) is 10.2 Å². The largest absolute Gasteiger partial charge is 0.372 e. The lowest BCUT2D eigenvalue weighted by atomic mass is 10.1. The van der Waals surface area contributed by atoms with E-state index in [1.807, 2.05) is 0 Å². The van der Waals surface area contributed by atoms with Gasteiger partial charge in [-0.05, 0) is 36.2 Å². The Hall–Kier alpha value is -1.99. The highest BCUT2D eigenvalue weighted by molar-refractivity contribution is 7.89. The quantitative estimate of drug-likeness (QED) is 0.853. The molecule has 0 aliphatic heterocycles. The minimum Gasteiger partial charge on any atom is -0.372 e. The van der Waals surface area contributed by atoms with E-state index in [4.69, 9.17) is 0 Å². The zero-order chi connectivity index (χ0) is 15.3. The molecule has 1 aromatic heterocycles. The van der Waals surface area contributed by atoms with Crippen LogP contribution in [0.3, 0.4) is 0 Å². The summed E-state index contributed by atoms with van der Waals surface area (Å²) in [4.78, 5) is 4.07. The Labute approximate surface area is 123 Å². The van der Waals surface area contributed by atoms with Crippen molar-refractivity contribution >= 4 is 15.8 Å². The van der Waals surface area contributed by atoms with Gasteiger partial charge in [0.2, 0.25) is 10.0 Å². The normalized spacial score (nSPS) is 11.3. The lowest BCUT2D eigenvalue weighted by molar-refractivity contribution is 0.581. The van der Waals surface area contributed by atoms with Crippen molar-refractivity contribution in [2.75, 3.05) is 18.9 Å². The lowest BCUT2D eigenvalue weighted by Crippen LogP contribution is -2.26. The third-order valence-electron chi connectivity index (χ3n) is 2.92. The standard InChI is InChI=1S/C14H16FN3O2S/c1-16-14-13(3-2-9-17-14)21(19,20)18-10-8-11-4-6-12(15)7-5-11/h2-7,9,18H,8,10H2,1H3,(H,16,17). The Balaban J connectivity index is 2.03. The van der Waals surface area contributed by atoms with Crippen LogP contribution in [-0.4, -0.2) is 27.0 Å². The van der Waals surface area contributed by atoms with Gasteiger partial charge in [-0.2, -0.15) is 0 Å². The second kappa shape index (κ2) is 6.64. The van der Waals surface area contributed by atoms with E-state index < -0.39 is 10.0 Å². The summed E-state index contributed by atoms with van der Waals surface area (Å²) in [6.07, 6.45) is 2.00. The number of halogens is 1. The smallest absolute Gasteiger partial charge is 0.244 e. The van der Waals surface area contributed by atoms with Gasteiger partial charge in [-0.15, -0.1) is 0 Å². The summed E-state index contributed by atoms with van der Waals surface area (Å²) in [6.45, 7) is 0.228. The average molecular weight is 309 g/mol. The van der Waals surface area contributed by atoms with Crippen LogP contribution >= 0.6 is 0 Å². The maximum Gasteiger partial charge on any atom is 0.244 e. The maximum absolute atomic E-state index is 12.8. The molecular formula is C14H16FN3O2S. The van der Waals surface area contributed by atoms with Gasteiger partial charge in [0, 0.05) is 19.8 Å². The van der Waals surface area contributed by atoms with Gasteiger partial charge in [0.1, 0.15) is 16.5 Å². The van der Waals surface area contributed by atoms with E-state index in [2.05, 4.69) is 15.0 Å². The molecule has 0 atom stereocenters. The second-order valence-electron chi connectivity index (χ2n) is 4.37. The molecule has 2 rings (SSSR count). The molecule has 0 unspecified atom stereocenters. The number of aromatic nitrogens is 1. The molecule has 0 aliphatic rings. The summed E-state index contributed by atoms with van der Waals surface area (Å²) in [5, 5.41) is 2.74. The van der Waals surface area contributed by atoms with Crippen molar-refractivity contribution in [3.05, 3.63) is 54.0 Å². The van der Waals surface area contributed by atoms with Gasteiger partial charge in [-0.25, -0.2) is 22.5 Å². The number of anilines is 1. The van der Waals surface area contributed by atoms with E-state index >= 15 is 0 Å². The SMILES string of the molecule is CNc1ncccc1S(=O)(=O)NCCc1ccc(F)cc1. The summed E-state index contributed by atoms with van der Waals surface area (Å²) in [6, 6.07) is 9.02. The molecular weight excluding hydrogens is 293 g/mol. The molecule has 21 heavy (non-hydrogen) atoms. The van der Waals surface area contributed by atoms with E-state index in [-0.39, 0.29) is 17.3 Å². The predicted octanol–water partition coefficient (Wildman–Crippen LogP) is 1.78. The zero-order valence-corrected chi connectivity index (χ0v) is 12.3. The van der Waals surface area contributed by atoms with Gasteiger partial charge in [-0.1, -0.05) is 12.1 Å². The molecule has 1 aromatic carbocycles. The Morgan fingerprint density at radius 2 is 1.90 bits per heavy atom. The molecule has 5 nitrogen and oxygen atoms in total. The van der Waals surface area contributed by atoms with Gasteiger partial charge in [0.25, 0.3) is 0 Å². The summed E-state index contributed by atoms with van der Waals surface area (Å²) in [7, 11) is -2.02.